The molecule has 0 fully saturated rings. The van der Waals surface area contributed by atoms with Gasteiger partial charge in [-0.15, -0.1) is 0 Å². The van der Waals surface area contributed by atoms with Crippen molar-refractivity contribution in [3.05, 3.63) is 52.8 Å². The van der Waals surface area contributed by atoms with E-state index in [-0.39, 0.29) is 11.9 Å². The monoisotopic (exact) mass is 253 g/mol. The van der Waals surface area contributed by atoms with Crippen molar-refractivity contribution in [1.82, 2.24) is 9.55 Å². The number of rotatable bonds is 3. The van der Waals surface area contributed by atoms with Crippen LogP contribution in [0.1, 0.15) is 17.3 Å². The van der Waals surface area contributed by atoms with Crippen molar-refractivity contribution in [2.24, 2.45) is 12.8 Å². The third kappa shape index (κ3) is 2.65. The van der Waals surface area contributed by atoms with Gasteiger partial charge in [0, 0.05) is 18.3 Å². The topological polar surface area (TPSA) is 43.8 Å². The zero-order valence-electron chi connectivity index (χ0n) is 9.40. The van der Waals surface area contributed by atoms with Crippen molar-refractivity contribution in [3.8, 4) is 0 Å². The van der Waals surface area contributed by atoms with Gasteiger partial charge in [0.1, 0.15) is 5.82 Å². The van der Waals surface area contributed by atoms with Gasteiger partial charge in [-0.1, -0.05) is 17.7 Å². The summed E-state index contributed by atoms with van der Waals surface area (Å²) >= 11 is 5.69. The molecule has 2 aromatic rings. The Balaban J connectivity index is 2.19. The van der Waals surface area contributed by atoms with Gasteiger partial charge in [0.15, 0.2) is 0 Å². The predicted molar refractivity (Wildman–Crippen MR) is 65.3 cm³/mol. The maximum atomic E-state index is 13.6. The van der Waals surface area contributed by atoms with Crippen LogP contribution in [0.2, 0.25) is 5.02 Å². The molecule has 5 heteroatoms. The van der Waals surface area contributed by atoms with Gasteiger partial charge in [-0.05, 0) is 24.1 Å². The number of hydrogen-bond acceptors (Lipinski definition) is 2. The number of hydrogen-bond donors (Lipinski definition) is 1. The van der Waals surface area contributed by atoms with Gasteiger partial charge in [0.2, 0.25) is 0 Å². The maximum absolute atomic E-state index is 13.6. The number of halogens is 2. The van der Waals surface area contributed by atoms with E-state index in [4.69, 9.17) is 17.3 Å². The van der Waals surface area contributed by atoms with Gasteiger partial charge in [-0.25, -0.2) is 9.37 Å². The lowest BCUT2D eigenvalue weighted by molar-refractivity contribution is 0.583. The second kappa shape index (κ2) is 4.85. The minimum atomic E-state index is -0.324. The second-order valence-corrected chi connectivity index (χ2v) is 4.41. The molecule has 0 bridgehead atoms. The van der Waals surface area contributed by atoms with E-state index in [9.17, 15) is 4.39 Å². The Morgan fingerprint density at radius 3 is 2.88 bits per heavy atom. The highest BCUT2D eigenvalue weighted by molar-refractivity contribution is 6.30. The van der Waals surface area contributed by atoms with Crippen LogP contribution in [0.5, 0.6) is 0 Å². The molecule has 0 saturated carbocycles. The predicted octanol–water partition coefficient (Wildman–Crippen LogP) is 2.46. The molecule has 3 nitrogen and oxygen atoms in total. The van der Waals surface area contributed by atoms with E-state index in [1.165, 1.54) is 6.07 Å². The lowest BCUT2D eigenvalue weighted by atomic mass is 10.0. The van der Waals surface area contributed by atoms with E-state index in [2.05, 4.69) is 4.98 Å². The van der Waals surface area contributed by atoms with Crippen LogP contribution >= 0.6 is 11.6 Å². The van der Waals surface area contributed by atoms with E-state index in [0.717, 1.165) is 5.69 Å². The molecule has 0 aliphatic rings. The first-order valence-corrected chi connectivity index (χ1v) is 5.61. The smallest absolute Gasteiger partial charge is 0.127 e. The van der Waals surface area contributed by atoms with Crippen LogP contribution in [0.4, 0.5) is 4.39 Å². The highest BCUT2D eigenvalue weighted by atomic mass is 35.5. The fourth-order valence-corrected chi connectivity index (χ4v) is 1.91. The molecule has 0 radical (unpaired) electrons. The summed E-state index contributed by atoms with van der Waals surface area (Å²) in [4.78, 5) is 3.99. The van der Waals surface area contributed by atoms with E-state index < -0.39 is 0 Å². The summed E-state index contributed by atoms with van der Waals surface area (Å²) in [7, 11) is 1.86. The molecule has 1 atom stereocenters. The Morgan fingerprint density at radius 1 is 1.53 bits per heavy atom. The van der Waals surface area contributed by atoms with E-state index in [0.29, 0.717) is 17.0 Å². The number of nitrogens with two attached hydrogens (primary N) is 1. The Morgan fingerprint density at radius 2 is 2.29 bits per heavy atom. The fraction of sp³-hybridized carbons (Fsp3) is 0.250. The van der Waals surface area contributed by atoms with Crippen LogP contribution in [0, 0.1) is 5.82 Å². The Kier molecular flexibility index (Phi) is 3.45. The van der Waals surface area contributed by atoms with Gasteiger partial charge >= 0.3 is 0 Å². The Bertz CT molecular complexity index is 524. The van der Waals surface area contributed by atoms with Crippen molar-refractivity contribution >= 4 is 11.6 Å². The minimum absolute atomic E-state index is 0.279. The molecular weight excluding hydrogens is 241 g/mol. The van der Waals surface area contributed by atoms with E-state index in [1.807, 2.05) is 11.6 Å². The number of aryl methyl sites for hydroxylation is 1. The van der Waals surface area contributed by atoms with Crippen LogP contribution in [0.3, 0.4) is 0 Å². The Labute approximate surface area is 104 Å². The molecule has 90 valence electrons. The molecule has 0 aliphatic carbocycles. The molecule has 2 rings (SSSR count). The molecule has 1 aromatic heterocycles. The first-order valence-electron chi connectivity index (χ1n) is 5.23. The molecule has 0 saturated heterocycles. The summed E-state index contributed by atoms with van der Waals surface area (Å²) < 4.78 is 15.4. The van der Waals surface area contributed by atoms with Crippen molar-refractivity contribution in [2.75, 3.05) is 0 Å². The van der Waals surface area contributed by atoms with E-state index in [1.54, 1.807) is 24.7 Å². The highest BCUT2D eigenvalue weighted by Crippen LogP contribution is 2.20. The van der Waals surface area contributed by atoms with E-state index >= 15 is 0 Å². The SMILES string of the molecule is Cn1cncc1C(N)Cc1ccc(Cl)cc1F. The average Bonchev–Trinajstić information content (AvgIpc) is 2.68. The molecular formula is C12H13ClFN3. The Hall–Kier alpha value is -1.39. The van der Waals surface area contributed by atoms with Crippen LogP contribution in [0.25, 0.3) is 0 Å². The maximum Gasteiger partial charge on any atom is 0.127 e. The molecule has 2 N–H and O–H groups in total. The zero-order chi connectivity index (χ0) is 12.4. The standard InChI is InChI=1S/C12H13ClFN3/c1-17-7-16-6-12(17)11(15)4-8-2-3-9(13)5-10(8)14/h2-3,5-7,11H,4,15H2,1H3. The summed E-state index contributed by atoms with van der Waals surface area (Å²) in [6.45, 7) is 0. The normalized spacial score (nSPS) is 12.7. The first kappa shape index (κ1) is 12.1. The van der Waals surface area contributed by atoms with Gasteiger partial charge in [-0.2, -0.15) is 0 Å². The molecule has 1 unspecified atom stereocenters. The largest absolute Gasteiger partial charge is 0.336 e. The molecule has 17 heavy (non-hydrogen) atoms. The third-order valence-corrected chi connectivity index (χ3v) is 2.92. The highest BCUT2D eigenvalue weighted by Gasteiger charge is 2.13. The molecule has 1 aromatic carbocycles. The quantitative estimate of drug-likeness (QED) is 0.913. The lowest BCUT2D eigenvalue weighted by Crippen LogP contribution is -2.17. The van der Waals surface area contributed by atoms with Gasteiger partial charge in [0.05, 0.1) is 18.1 Å². The second-order valence-electron chi connectivity index (χ2n) is 3.98. The van der Waals surface area contributed by atoms with Crippen LogP contribution in [-0.2, 0) is 13.5 Å². The zero-order valence-corrected chi connectivity index (χ0v) is 10.2. The van der Waals surface area contributed by atoms with Crippen LogP contribution < -0.4 is 5.73 Å². The average molecular weight is 254 g/mol. The number of imidazole rings is 1. The van der Waals surface area contributed by atoms with Gasteiger partial charge in [-0.3, -0.25) is 0 Å². The van der Waals surface area contributed by atoms with Crippen LogP contribution in [0.15, 0.2) is 30.7 Å². The third-order valence-electron chi connectivity index (χ3n) is 2.69. The first-order chi connectivity index (χ1) is 8.08. The van der Waals surface area contributed by atoms with Crippen LogP contribution in [-0.4, -0.2) is 9.55 Å². The minimum Gasteiger partial charge on any atom is -0.336 e. The summed E-state index contributed by atoms with van der Waals surface area (Å²) in [6, 6.07) is 4.34. The van der Waals surface area contributed by atoms with Crippen molar-refractivity contribution < 1.29 is 4.39 Å². The van der Waals surface area contributed by atoms with Gasteiger partial charge < -0.3 is 10.3 Å². The lowest BCUT2D eigenvalue weighted by Gasteiger charge is -2.12. The number of benzene rings is 1. The summed E-state index contributed by atoms with van der Waals surface area (Å²) in [5.74, 6) is -0.324. The molecule has 0 spiro atoms. The van der Waals surface area contributed by atoms with Crippen molar-refractivity contribution in [3.63, 3.8) is 0 Å². The summed E-state index contributed by atoms with van der Waals surface area (Å²) in [6.07, 6.45) is 3.79. The number of nitrogens with zero attached hydrogens (tertiary/aromatic N) is 2. The molecule has 0 amide bonds. The summed E-state index contributed by atoms with van der Waals surface area (Å²) in [5.41, 5.74) is 7.45. The fourth-order valence-electron chi connectivity index (χ4n) is 1.75. The summed E-state index contributed by atoms with van der Waals surface area (Å²) in [5, 5.41) is 0.389. The van der Waals surface area contributed by atoms with Crippen molar-refractivity contribution in [2.45, 2.75) is 12.5 Å². The molecule has 0 aliphatic heterocycles. The number of aromatic nitrogens is 2. The molecule has 1 heterocycles. The van der Waals surface area contributed by atoms with Gasteiger partial charge in [0.25, 0.3) is 0 Å². The van der Waals surface area contributed by atoms with Crippen molar-refractivity contribution in [1.29, 1.82) is 0 Å².